The van der Waals surface area contributed by atoms with E-state index < -0.39 is 24.6 Å². The molecule has 26 heavy (non-hydrogen) atoms. The zero-order valence-corrected chi connectivity index (χ0v) is 14.9. The van der Waals surface area contributed by atoms with Crippen molar-refractivity contribution in [3.8, 4) is 0 Å². The summed E-state index contributed by atoms with van der Waals surface area (Å²) in [6.07, 6.45) is -3.08. The molecule has 1 fully saturated rings. The fourth-order valence-electron chi connectivity index (χ4n) is 3.18. The number of hydrogen-bond acceptors (Lipinski definition) is 4. The highest BCUT2D eigenvalue weighted by atomic mass is 19.4. The highest BCUT2D eigenvalue weighted by Gasteiger charge is 2.35. The predicted molar refractivity (Wildman–Crippen MR) is 89.5 cm³/mol. The lowest BCUT2D eigenvalue weighted by molar-refractivity contribution is -0.154. The number of nitrogens with zero attached hydrogens (tertiary/aromatic N) is 2. The number of likely N-dealkylation sites (tertiary alicyclic amines) is 1. The molecular formula is C18H23F3N2O3. The van der Waals surface area contributed by atoms with E-state index in [4.69, 9.17) is 0 Å². The number of methoxy groups -OCH3 is 1. The molecule has 144 valence electrons. The molecule has 5 nitrogen and oxygen atoms in total. The van der Waals surface area contributed by atoms with Crippen LogP contribution in [0.25, 0.3) is 0 Å². The molecule has 1 amide bonds. The second-order valence-electron chi connectivity index (χ2n) is 6.57. The van der Waals surface area contributed by atoms with Crippen molar-refractivity contribution >= 4 is 11.9 Å². The Hall–Kier alpha value is -2.09. The van der Waals surface area contributed by atoms with Crippen molar-refractivity contribution in [1.82, 2.24) is 9.80 Å². The predicted octanol–water partition coefficient (Wildman–Crippen LogP) is 2.71. The van der Waals surface area contributed by atoms with Crippen molar-refractivity contribution in [1.29, 1.82) is 0 Å². The third kappa shape index (κ3) is 5.72. The second kappa shape index (κ2) is 8.53. The van der Waals surface area contributed by atoms with Gasteiger partial charge >= 0.3 is 12.1 Å². The Balaban J connectivity index is 1.93. The summed E-state index contributed by atoms with van der Waals surface area (Å²) in [5, 5.41) is 0. The van der Waals surface area contributed by atoms with Crippen LogP contribution in [0.4, 0.5) is 13.2 Å². The molecule has 1 saturated heterocycles. The van der Waals surface area contributed by atoms with Gasteiger partial charge in [0.2, 0.25) is 5.91 Å². The first kappa shape index (κ1) is 20.2. The maximum absolute atomic E-state index is 12.6. The standard InChI is InChI=1S/C18H23F3N2O3/c1-22(10-13-5-7-14(8-6-13)17(25)26-2)16(24)15-4-3-9-23(11-15)12-18(19,20)21/h5-8,15H,3-4,9-12H2,1-2H3/t15-/m1/s1. The summed E-state index contributed by atoms with van der Waals surface area (Å²) in [5.74, 6) is -1.02. The van der Waals surface area contributed by atoms with Crippen molar-refractivity contribution in [2.75, 3.05) is 33.8 Å². The molecule has 0 radical (unpaired) electrons. The Labute approximate surface area is 150 Å². The Morgan fingerprint density at radius 2 is 1.92 bits per heavy atom. The number of carbonyl (C=O) groups is 2. The normalized spacial score (nSPS) is 18.4. The number of halogens is 3. The van der Waals surface area contributed by atoms with Crippen LogP contribution in [0.5, 0.6) is 0 Å². The topological polar surface area (TPSA) is 49.9 Å². The van der Waals surface area contributed by atoms with E-state index in [1.54, 1.807) is 31.3 Å². The lowest BCUT2D eigenvalue weighted by Gasteiger charge is -2.34. The van der Waals surface area contributed by atoms with Gasteiger partial charge in [-0.05, 0) is 37.1 Å². The molecule has 0 saturated carbocycles. The van der Waals surface area contributed by atoms with Crippen LogP contribution in [0, 0.1) is 5.92 Å². The molecule has 1 heterocycles. The SMILES string of the molecule is COC(=O)c1ccc(CN(C)C(=O)[C@@H]2CCCN(CC(F)(F)F)C2)cc1. The number of amides is 1. The number of piperidine rings is 1. The van der Waals surface area contributed by atoms with Crippen molar-refractivity contribution in [3.63, 3.8) is 0 Å². The van der Waals surface area contributed by atoms with Crippen molar-refractivity contribution in [2.45, 2.75) is 25.6 Å². The molecule has 1 aromatic carbocycles. The van der Waals surface area contributed by atoms with Gasteiger partial charge in [-0.25, -0.2) is 4.79 Å². The van der Waals surface area contributed by atoms with Crippen LogP contribution in [-0.4, -0.2) is 61.6 Å². The lowest BCUT2D eigenvalue weighted by Crippen LogP contribution is -2.46. The van der Waals surface area contributed by atoms with Crippen LogP contribution in [0.1, 0.15) is 28.8 Å². The van der Waals surface area contributed by atoms with Gasteiger partial charge < -0.3 is 9.64 Å². The first-order chi connectivity index (χ1) is 12.2. The molecule has 2 rings (SSSR count). The molecule has 0 aromatic heterocycles. The van der Waals surface area contributed by atoms with Gasteiger partial charge in [0.1, 0.15) is 0 Å². The van der Waals surface area contributed by atoms with Crippen molar-refractivity contribution < 1.29 is 27.5 Å². The Bertz CT molecular complexity index is 632. The fourth-order valence-corrected chi connectivity index (χ4v) is 3.18. The van der Waals surface area contributed by atoms with Gasteiger partial charge in [-0.3, -0.25) is 9.69 Å². The van der Waals surface area contributed by atoms with Gasteiger partial charge in [-0.1, -0.05) is 12.1 Å². The second-order valence-corrected chi connectivity index (χ2v) is 6.57. The summed E-state index contributed by atoms with van der Waals surface area (Å²) >= 11 is 0. The summed E-state index contributed by atoms with van der Waals surface area (Å²) in [6, 6.07) is 6.69. The number of rotatable bonds is 5. The highest BCUT2D eigenvalue weighted by Crippen LogP contribution is 2.23. The Morgan fingerprint density at radius 1 is 1.27 bits per heavy atom. The van der Waals surface area contributed by atoms with E-state index in [0.717, 1.165) is 5.56 Å². The molecule has 1 aliphatic rings. The van der Waals surface area contributed by atoms with E-state index in [0.29, 0.717) is 31.5 Å². The highest BCUT2D eigenvalue weighted by molar-refractivity contribution is 5.89. The minimum absolute atomic E-state index is 0.129. The van der Waals surface area contributed by atoms with Crippen LogP contribution < -0.4 is 0 Å². The molecule has 8 heteroatoms. The molecule has 1 atom stereocenters. The first-order valence-electron chi connectivity index (χ1n) is 8.41. The average Bonchev–Trinajstić information content (AvgIpc) is 2.59. The van der Waals surface area contributed by atoms with Crippen LogP contribution in [-0.2, 0) is 16.1 Å². The van der Waals surface area contributed by atoms with E-state index in [9.17, 15) is 22.8 Å². The number of esters is 1. The van der Waals surface area contributed by atoms with Crippen LogP contribution in [0.3, 0.4) is 0 Å². The van der Waals surface area contributed by atoms with Gasteiger partial charge in [0.15, 0.2) is 0 Å². The number of hydrogen-bond donors (Lipinski definition) is 0. The van der Waals surface area contributed by atoms with E-state index in [-0.39, 0.29) is 12.5 Å². The van der Waals surface area contributed by atoms with Gasteiger partial charge in [0.05, 0.1) is 25.1 Å². The molecule has 0 N–H and O–H groups in total. The van der Waals surface area contributed by atoms with Crippen LogP contribution in [0.15, 0.2) is 24.3 Å². The minimum Gasteiger partial charge on any atom is -0.465 e. The maximum Gasteiger partial charge on any atom is 0.401 e. The third-order valence-electron chi connectivity index (χ3n) is 4.43. The maximum atomic E-state index is 12.6. The number of benzene rings is 1. The van der Waals surface area contributed by atoms with Gasteiger partial charge in [0, 0.05) is 20.1 Å². The quantitative estimate of drug-likeness (QED) is 0.746. The number of alkyl halides is 3. The number of carbonyl (C=O) groups excluding carboxylic acids is 2. The minimum atomic E-state index is -4.25. The summed E-state index contributed by atoms with van der Waals surface area (Å²) < 4.78 is 42.3. The third-order valence-corrected chi connectivity index (χ3v) is 4.43. The molecular weight excluding hydrogens is 349 g/mol. The smallest absolute Gasteiger partial charge is 0.401 e. The summed E-state index contributed by atoms with van der Waals surface area (Å²) in [5.41, 5.74) is 1.25. The summed E-state index contributed by atoms with van der Waals surface area (Å²) in [4.78, 5) is 26.8. The summed E-state index contributed by atoms with van der Waals surface area (Å²) in [6.45, 7) is -0.155. The van der Waals surface area contributed by atoms with E-state index in [2.05, 4.69) is 4.74 Å². The molecule has 1 aliphatic heterocycles. The fraction of sp³-hybridized carbons (Fsp3) is 0.556. The van der Waals surface area contributed by atoms with Crippen molar-refractivity contribution in [2.24, 2.45) is 5.92 Å². The average molecular weight is 372 g/mol. The van der Waals surface area contributed by atoms with Gasteiger partial charge in [0.25, 0.3) is 0 Å². The zero-order chi connectivity index (χ0) is 19.3. The van der Waals surface area contributed by atoms with E-state index in [1.165, 1.54) is 16.9 Å². The zero-order valence-electron chi connectivity index (χ0n) is 14.9. The van der Waals surface area contributed by atoms with Gasteiger partial charge in [-0.15, -0.1) is 0 Å². The molecule has 1 aromatic rings. The van der Waals surface area contributed by atoms with E-state index >= 15 is 0 Å². The molecule has 0 aliphatic carbocycles. The van der Waals surface area contributed by atoms with Crippen LogP contribution in [0.2, 0.25) is 0 Å². The monoisotopic (exact) mass is 372 g/mol. The lowest BCUT2D eigenvalue weighted by atomic mass is 9.96. The molecule has 0 bridgehead atoms. The summed E-state index contributed by atoms with van der Waals surface area (Å²) in [7, 11) is 2.94. The molecule has 0 spiro atoms. The Kier molecular flexibility index (Phi) is 6.63. The Morgan fingerprint density at radius 3 is 2.50 bits per heavy atom. The van der Waals surface area contributed by atoms with E-state index in [1.807, 2.05) is 0 Å². The molecule has 0 unspecified atom stereocenters. The largest absolute Gasteiger partial charge is 0.465 e. The number of ether oxygens (including phenoxy) is 1. The first-order valence-corrected chi connectivity index (χ1v) is 8.41. The van der Waals surface area contributed by atoms with Gasteiger partial charge in [-0.2, -0.15) is 13.2 Å². The van der Waals surface area contributed by atoms with Crippen LogP contribution >= 0.6 is 0 Å². The van der Waals surface area contributed by atoms with Crippen molar-refractivity contribution in [3.05, 3.63) is 35.4 Å².